The first-order valence-electron chi connectivity index (χ1n) is 10.5. The maximum atomic E-state index is 12.4. The number of nitrogens with zero attached hydrogens (tertiary/aromatic N) is 1. The van der Waals surface area contributed by atoms with E-state index < -0.39 is 0 Å². The van der Waals surface area contributed by atoms with Gasteiger partial charge in [0.25, 0.3) is 0 Å². The van der Waals surface area contributed by atoms with Crippen LogP contribution < -0.4 is 10.6 Å². The topological polar surface area (TPSA) is 53.6 Å². The molecule has 0 bridgehead atoms. The van der Waals surface area contributed by atoms with Crippen LogP contribution >= 0.6 is 0 Å². The normalized spacial score (nSPS) is 19.9. The van der Waals surface area contributed by atoms with Gasteiger partial charge in [0, 0.05) is 31.0 Å². The number of ether oxygens (including phenoxy) is 1. The molecule has 1 saturated heterocycles. The van der Waals surface area contributed by atoms with E-state index >= 15 is 0 Å². The van der Waals surface area contributed by atoms with Crippen LogP contribution in [0.1, 0.15) is 44.7 Å². The highest BCUT2D eigenvalue weighted by Gasteiger charge is 2.22. The second kappa shape index (κ2) is 9.90. The zero-order chi connectivity index (χ0) is 20.8. The van der Waals surface area contributed by atoms with E-state index in [-0.39, 0.29) is 24.7 Å². The van der Waals surface area contributed by atoms with Crippen molar-refractivity contribution in [2.24, 2.45) is 0 Å². The van der Waals surface area contributed by atoms with Gasteiger partial charge in [0.05, 0.1) is 18.8 Å². The third-order valence-electron chi connectivity index (χ3n) is 5.21. The highest BCUT2D eigenvalue weighted by atomic mass is 16.5. The molecule has 5 heteroatoms. The third kappa shape index (κ3) is 6.31. The van der Waals surface area contributed by atoms with Crippen LogP contribution in [0.15, 0.2) is 48.5 Å². The van der Waals surface area contributed by atoms with Crippen molar-refractivity contribution >= 4 is 17.3 Å². The Balaban J connectivity index is 1.55. The lowest BCUT2D eigenvalue weighted by Crippen LogP contribution is -2.44. The first-order valence-corrected chi connectivity index (χ1v) is 10.5. The van der Waals surface area contributed by atoms with Gasteiger partial charge in [-0.05, 0) is 49.1 Å². The molecule has 0 aliphatic carbocycles. The molecule has 2 aromatic carbocycles. The van der Waals surface area contributed by atoms with Crippen LogP contribution in [-0.4, -0.2) is 42.6 Å². The molecule has 1 aliphatic heterocycles. The van der Waals surface area contributed by atoms with Crippen molar-refractivity contribution in [1.82, 2.24) is 4.90 Å². The molecular weight excluding hydrogens is 362 g/mol. The summed E-state index contributed by atoms with van der Waals surface area (Å²) in [7, 11) is 0. The summed E-state index contributed by atoms with van der Waals surface area (Å²) in [5.41, 5.74) is 4.29. The number of carbonyl (C=O) groups is 1. The van der Waals surface area contributed by atoms with Crippen LogP contribution in [0.3, 0.4) is 0 Å². The van der Waals surface area contributed by atoms with Crippen molar-refractivity contribution in [3.05, 3.63) is 59.7 Å². The van der Waals surface area contributed by atoms with Gasteiger partial charge in [-0.15, -0.1) is 0 Å². The molecule has 0 aromatic heterocycles. The maximum Gasteiger partial charge on any atom is 0.243 e. The van der Waals surface area contributed by atoms with E-state index in [0.29, 0.717) is 5.92 Å². The van der Waals surface area contributed by atoms with E-state index in [1.165, 1.54) is 11.1 Å². The Labute approximate surface area is 174 Å². The minimum atomic E-state index is -0.0503. The lowest BCUT2D eigenvalue weighted by Gasteiger charge is -2.35. The van der Waals surface area contributed by atoms with Crippen molar-refractivity contribution in [2.45, 2.75) is 52.4 Å². The molecule has 1 heterocycles. The van der Waals surface area contributed by atoms with E-state index in [4.69, 9.17) is 4.74 Å². The number of amides is 1. The van der Waals surface area contributed by atoms with Crippen LogP contribution in [0.5, 0.6) is 0 Å². The van der Waals surface area contributed by atoms with Crippen LogP contribution in [0.25, 0.3) is 0 Å². The van der Waals surface area contributed by atoms with Crippen LogP contribution in [-0.2, 0) is 16.1 Å². The fourth-order valence-corrected chi connectivity index (χ4v) is 3.82. The Morgan fingerprint density at radius 1 is 1.07 bits per heavy atom. The minimum absolute atomic E-state index is 0.0503. The zero-order valence-electron chi connectivity index (χ0n) is 17.9. The van der Waals surface area contributed by atoms with Gasteiger partial charge in [-0.25, -0.2) is 0 Å². The fraction of sp³-hybridized carbons (Fsp3) is 0.458. The highest BCUT2D eigenvalue weighted by molar-refractivity contribution is 5.93. The summed E-state index contributed by atoms with van der Waals surface area (Å²) in [6.07, 6.45) is 0.485. The number of para-hydroxylation sites is 1. The van der Waals surface area contributed by atoms with E-state index in [1.54, 1.807) is 0 Å². The quantitative estimate of drug-likeness (QED) is 0.726. The van der Waals surface area contributed by atoms with E-state index in [1.807, 2.05) is 30.3 Å². The second-order valence-electron chi connectivity index (χ2n) is 8.29. The molecule has 3 rings (SSSR count). The van der Waals surface area contributed by atoms with Gasteiger partial charge >= 0.3 is 0 Å². The Hall–Kier alpha value is -2.37. The highest BCUT2D eigenvalue weighted by Crippen LogP contribution is 2.21. The van der Waals surface area contributed by atoms with Crippen molar-refractivity contribution in [1.29, 1.82) is 0 Å². The fourth-order valence-electron chi connectivity index (χ4n) is 3.82. The largest absolute Gasteiger partial charge is 0.376 e. The number of hydrogen-bond acceptors (Lipinski definition) is 4. The Morgan fingerprint density at radius 2 is 1.72 bits per heavy atom. The van der Waals surface area contributed by atoms with E-state index in [2.05, 4.69) is 61.4 Å². The van der Waals surface area contributed by atoms with Crippen molar-refractivity contribution < 1.29 is 9.53 Å². The molecule has 2 unspecified atom stereocenters. The number of nitrogens with one attached hydrogen (secondary N) is 2. The average Bonchev–Trinajstić information content (AvgIpc) is 2.67. The second-order valence-corrected chi connectivity index (χ2v) is 8.29. The SMILES string of the molecule is CC1CN(Cc2ccccc2NCC(=O)Nc2ccc(C(C)C)cc2)CC(C)O1. The standard InChI is InChI=1S/C24H33N3O2/c1-17(2)20-9-11-22(12-10-20)26-24(28)13-25-23-8-6-5-7-21(23)16-27-14-18(3)29-19(4)15-27/h5-12,17-19,25H,13-16H2,1-4H3,(H,26,28). The summed E-state index contributed by atoms with van der Waals surface area (Å²) < 4.78 is 5.83. The number of rotatable bonds is 7. The Morgan fingerprint density at radius 3 is 2.38 bits per heavy atom. The molecule has 0 saturated carbocycles. The third-order valence-corrected chi connectivity index (χ3v) is 5.21. The number of hydrogen-bond donors (Lipinski definition) is 2. The van der Waals surface area contributed by atoms with Crippen LogP contribution in [0.2, 0.25) is 0 Å². The van der Waals surface area contributed by atoms with E-state index in [9.17, 15) is 4.79 Å². The Bertz CT molecular complexity index is 794. The lowest BCUT2D eigenvalue weighted by molar-refractivity contribution is -0.114. The molecule has 1 amide bonds. The number of carbonyl (C=O) groups excluding carboxylic acids is 1. The van der Waals surface area contributed by atoms with Gasteiger partial charge in [-0.2, -0.15) is 0 Å². The minimum Gasteiger partial charge on any atom is -0.376 e. The summed E-state index contributed by atoms with van der Waals surface area (Å²) in [6, 6.07) is 16.2. The molecule has 1 fully saturated rings. The smallest absolute Gasteiger partial charge is 0.243 e. The van der Waals surface area contributed by atoms with Crippen LogP contribution in [0.4, 0.5) is 11.4 Å². The molecule has 1 aliphatic rings. The summed E-state index contributed by atoms with van der Waals surface area (Å²) in [5, 5.41) is 6.27. The summed E-state index contributed by atoms with van der Waals surface area (Å²) >= 11 is 0. The molecular formula is C24H33N3O2. The van der Waals surface area contributed by atoms with Gasteiger partial charge in [0.2, 0.25) is 5.91 Å². The van der Waals surface area contributed by atoms with Gasteiger partial charge in [0.15, 0.2) is 0 Å². The van der Waals surface area contributed by atoms with Crippen molar-refractivity contribution in [2.75, 3.05) is 30.3 Å². The molecule has 2 atom stereocenters. The lowest BCUT2D eigenvalue weighted by atomic mass is 10.0. The Kier molecular flexibility index (Phi) is 7.29. The molecule has 0 radical (unpaired) electrons. The molecule has 156 valence electrons. The first-order chi connectivity index (χ1) is 13.9. The monoisotopic (exact) mass is 395 g/mol. The van der Waals surface area contributed by atoms with Gasteiger partial charge in [0.1, 0.15) is 0 Å². The van der Waals surface area contributed by atoms with Gasteiger partial charge < -0.3 is 15.4 Å². The molecule has 2 N–H and O–H groups in total. The maximum absolute atomic E-state index is 12.4. The summed E-state index contributed by atoms with van der Waals surface area (Å²) in [4.78, 5) is 14.8. The molecule has 0 spiro atoms. The number of anilines is 2. The van der Waals surface area contributed by atoms with Crippen LogP contribution in [0, 0.1) is 0 Å². The molecule has 29 heavy (non-hydrogen) atoms. The van der Waals surface area contributed by atoms with E-state index in [0.717, 1.165) is 31.0 Å². The van der Waals surface area contributed by atoms with Crippen molar-refractivity contribution in [3.63, 3.8) is 0 Å². The van der Waals surface area contributed by atoms with Gasteiger partial charge in [-0.3, -0.25) is 9.69 Å². The summed E-state index contributed by atoms with van der Waals surface area (Å²) in [5.74, 6) is 0.432. The summed E-state index contributed by atoms with van der Waals surface area (Å²) in [6.45, 7) is 11.5. The predicted octanol–water partition coefficient (Wildman–Crippen LogP) is 4.47. The first kappa shape index (κ1) is 21.3. The predicted molar refractivity (Wildman–Crippen MR) is 119 cm³/mol. The van der Waals surface area contributed by atoms with Gasteiger partial charge in [-0.1, -0.05) is 44.2 Å². The van der Waals surface area contributed by atoms with Crippen molar-refractivity contribution in [3.8, 4) is 0 Å². The molecule has 2 aromatic rings. The number of morpholine rings is 1. The molecule has 5 nitrogen and oxygen atoms in total. The zero-order valence-corrected chi connectivity index (χ0v) is 17.9. The average molecular weight is 396 g/mol. The number of benzene rings is 2.